The number of hydrogen-bond donors (Lipinski definition) is 1. The number of rotatable bonds is 5. The average molecular weight is 309 g/mol. The van der Waals surface area contributed by atoms with Gasteiger partial charge >= 0.3 is 5.97 Å². The van der Waals surface area contributed by atoms with Crippen LogP contribution >= 0.6 is 11.8 Å². The van der Waals surface area contributed by atoms with Crippen molar-refractivity contribution in [3.05, 3.63) is 24.2 Å². The van der Waals surface area contributed by atoms with Gasteiger partial charge in [-0.3, -0.25) is 9.69 Å². The van der Waals surface area contributed by atoms with Crippen molar-refractivity contribution >= 4 is 17.7 Å². The van der Waals surface area contributed by atoms with E-state index in [1.807, 2.05) is 0 Å². The lowest BCUT2D eigenvalue weighted by Gasteiger charge is -2.33. The molecule has 3 heterocycles. The van der Waals surface area contributed by atoms with E-state index in [4.69, 9.17) is 14.0 Å². The molecule has 1 atom stereocenters. The fraction of sp³-hybridized carbons (Fsp3) is 0.462. The molecule has 0 aromatic carbocycles. The summed E-state index contributed by atoms with van der Waals surface area (Å²) in [6, 6.07) is 3.51. The summed E-state index contributed by atoms with van der Waals surface area (Å²) in [5, 5.41) is 12.9. The quantitative estimate of drug-likeness (QED) is 0.892. The van der Waals surface area contributed by atoms with E-state index in [-0.39, 0.29) is 12.5 Å². The highest BCUT2D eigenvalue weighted by atomic mass is 32.2. The van der Waals surface area contributed by atoms with Crippen molar-refractivity contribution in [2.24, 2.45) is 0 Å². The van der Waals surface area contributed by atoms with Gasteiger partial charge in [0.2, 0.25) is 0 Å². The molecule has 2 aromatic rings. The molecule has 112 valence electrons. The molecule has 1 N–H and O–H groups in total. The van der Waals surface area contributed by atoms with Crippen molar-refractivity contribution in [1.82, 2.24) is 15.0 Å². The van der Waals surface area contributed by atoms with Crippen LogP contribution in [0.2, 0.25) is 0 Å². The molecule has 0 amide bonds. The zero-order chi connectivity index (χ0) is 14.7. The van der Waals surface area contributed by atoms with Gasteiger partial charge in [-0.1, -0.05) is 5.16 Å². The summed E-state index contributed by atoms with van der Waals surface area (Å²) < 4.78 is 10.4. The molecule has 0 bridgehead atoms. The molecule has 1 fully saturated rings. The van der Waals surface area contributed by atoms with Crippen LogP contribution in [0.3, 0.4) is 0 Å². The predicted octanol–water partition coefficient (Wildman–Crippen LogP) is 1.72. The first-order valence-corrected chi connectivity index (χ1v) is 7.78. The first kappa shape index (κ1) is 14.2. The summed E-state index contributed by atoms with van der Waals surface area (Å²) in [5.74, 6) is 2.44. The Balaban J connectivity index is 1.68. The molecule has 1 saturated heterocycles. The Hall–Kier alpha value is -1.80. The second kappa shape index (κ2) is 6.31. The zero-order valence-electron chi connectivity index (χ0n) is 11.3. The summed E-state index contributed by atoms with van der Waals surface area (Å²) >= 11 is 1.78. The van der Waals surface area contributed by atoms with Crippen LogP contribution in [0.25, 0.3) is 11.7 Å². The van der Waals surface area contributed by atoms with E-state index >= 15 is 0 Å². The van der Waals surface area contributed by atoms with Crippen LogP contribution in [-0.2, 0) is 11.3 Å². The topological polar surface area (TPSA) is 92.6 Å². The Morgan fingerprint density at radius 1 is 1.57 bits per heavy atom. The van der Waals surface area contributed by atoms with Crippen LogP contribution < -0.4 is 0 Å². The Bertz CT molecular complexity index is 598. The lowest BCUT2D eigenvalue weighted by Crippen LogP contribution is -2.43. The summed E-state index contributed by atoms with van der Waals surface area (Å²) in [5.41, 5.74) is 0. The summed E-state index contributed by atoms with van der Waals surface area (Å²) in [6.45, 7) is 1.32. The molecule has 21 heavy (non-hydrogen) atoms. The van der Waals surface area contributed by atoms with E-state index < -0.39 is 5.97 Å². The molecule has 0 spiro atoms. The number of aromatic nitrogens is 2. The third kappa shape index (κ3) is 3.45. The highest BCUT2D eigenvalue weighted by molar-refractivity contribution is 7.99. The molecule has 0 radical (unpaired) electrons. The second-order valence-corrected chi connectivity index (χ2v) is 5.94. The van der Waals surface area contributed by atoms with Crippen molar-refractivity contribution in [2.75, 3.05) is 18.1 Å². The minimum atomic E-state index is -0.781. The summed E-state index contributed by atoms with van der Waals surface area (Å²) in [6.07, 6.45) is 1.68. The van der Waals surface area contributed by atoms with E-state index in [2.05, 4.69) is 15.0 Å². The lowest BCUT2D eigenvalue weighted by molar-refractivity contribution is -0.138. The summed E-state index contributed by atoms with van der Waals surface area (Å²) in [7, 11) is 0. The highest BCUT2D eigenvalue weighted by Crippen LogP contribution is 2.22. The van der Waals surface area contributed by atoms with Crippen molar-refractivity contribution in [3.8, 4) is 11.7 Å². The van der Waals surface area contributed by atoms with Gasteiger partial charge in [-0.25, -0.2) is 0 Å². The molecule has 1 aliphatic rings. The monoisotopic (exact) mass is 309 g/mol. The van der Waals surface area contributed by atoms with Gasteiger partial charge in [0.1, 0.15) is 0 Å². The van der Waals surface area contributed by atoms with Crippen LogP contribution in [-0.4, -0.2) is 50.2 Å². The number of carboxylic acids is 1. The summed E-state index contributed by atoms with van der Waals surface area (Å²) in [4.78, 5) is 17.3. The van der Waals surface area contributed by atoms with Gasteiger partial charge in [0, 0.05) is 24.1 Å². The predicted molar refractivity (Wildman–Crippen MR) is 75.8 cm³/mol. The number of thioether (sulfide) groups is 1. The first-order chi connectivity index (χ1) is 10.2. The normalized spacial score (nSPS) is 19.7. The van der Waals surface area contributed by atoms with Gasteiger partial charge in [-0.05, 0) is 12.1 Å². The van der Waals surface area contributed by atoms with Gasteiger partial charge in [-0.15, -0.1) is 0 Å². The molecule has 1 unspecified atom stereocenters. The fourth-order valence-corrected chi connectivity index (χ4v) is 3.42. The Morgan fingerprint density at radius 2 is 2.48 bits per heavy atom. The maximum absolute atomic E-state index is 10.9. The van der Waals surface area contributed by atoms with Crippen LogP contribution in [0, 0.1) is 0 Å². The van der Waals surface area contributed by atoms with E-state index in [0.717, 1.165) is 18.1 Å². The van der Waals surface area contributed by atoms with Crippen LogP contribution in [0.15, 0.2) is 27.3 Å². The van der Waals surface area contributed by atoms with Crippen molar-refractivity contribution in [3.63, 3.8) is 0 Å². The molecule has 8 heteroatoms. The number of aliphatic carboxylic acids is 1. The minimum absolute atomic E-state index is 0.00631. The molecule has 1 aliphatic heterocycles. The number of hydrogen-bond acceptors (Lipinski definition) is 7. The molecule has 7 nitrogen and oxygen atoms in total. The Morgan fingerprint density at radius 3 is 3.24 bits per heavy atom. The second-order valence-electron chi connectivity index (χ2n) is 4.79. The smallest absolute Gasteiger partial charge is 0.304 e. The van der Waals surface area contributed by atoms with Crippen LogP contribution in [0.5, 0.6) is 0 Å². The molecule has 0 saturated carbocycles. The number of furan rings is 1. The van der Waals surface area contributed by atoms with Gasteiger partial charge in [0.25, 0.3) is 5.89 Å². The van der Waals surface area contributed by atoms with Gasteiger partial charge in [0.15, 0.2) is 11.6 Å². The minimum Gasteiger partial charge on any atom is -0.481 e. The standard InChI is InChI=1S/C13H15N3O4S/c17-12(18)6-9-8-21-5-3-16(9)7-11-14-13(20-15-11)10-2-1-4-19-10/h1-2,4,9H,3,5-8H2,(H,17,18). The van der Waals surface area contributed by atoms with Crippen molar-refractivity contribution in [2.45, 2.75) is 19.0 Å². The molecule has 0 aliphatic carbocycles. The number of carboxylic acid groups (broad SMARTS) is 1. The van der Waals surface area contributed by atoms with E-state index in [1.54, 1.807) is 30.2 Å². The number of nitrogens with zero attached hydrogens (tertiary/aromatic N) is 3. The Kier molecular flexibility index (Phi) is 4.26. The first-order valence-electron chi connectivity index (χ1n) is 6.62. The third-order valence-corrected chi connectivity index (χ3v) is 4.40. The SMILES string of the molecule is O=C(O)CC1CSCCN1Cc1noc(-c2ccco2)n1. The van der Waals surface area contributed by atoms with Gasteiger partial charge in [-0.2, -0.15) is 16.7 Å². The number of carbonyl (C=O) groups is 1. The maximum Gasteiger partial charge on any atom is 0.304 e. The Labute approximate surface area is 125 Å². The molecule has 3 rings (SSSR count). The third-order valence-electron chi connectivity index (χ3n) is 3.30. The van der Waals surface area contributed by atoms with Crippen LogP contribution in [0.4, 0.5) is 0 Å². The largest absolute Gasteiger partial charge is 0.481 e. The van der Waals surface area contributed by atoms with E-state index in [0.29, 0.717) is 24.0 Å². The van der Waals surface area contributed by atoms with Gasteiger partial charge < -0.3 is 14.0 Å². The van der Waals surface area contributed by atoms with Crippen molar-refractivity contribution in [1.29, 1.82) is 0 Å². The fourth-order valence-electron chi connectivity index (χ4n) is 2.29. The van der Waals surface area contributed by atoms with E-state index in [9.17, 15) is 4.79 Å². The lowest BCUT2D eigenvalue weighted by atomic mass is 10.2. The molecule has 2 aromatic heterocycles. The van der Waals surface area contributed by atoms with E-state index in [1.165, 1.54) is 0 Å². The maximum atomic E-state index is 10.9. The van der Waals surface area contributed by atoms with Gasteiger partial charge in [0.05, 0.1) is 19.2 Å². The highest BCUT2D eigenvalue weighted by Gasteiger charge is 2.26. The zero-order valence-corrected chi connectivity index (χ0v) is 12.1. The molecular weight excluding hydrogens is 294 g/mol. The van der Waals surface area contributed by atoms with Crippen LogP contribution in [0.1, 0.15) is 12.2 Å². The van der Waals surface area contributed by atoms with Crippen molar-refractivity contribution < 1.29 is 18.8 Å². The average Bonchev–Trinajstić information content (AvgIpc) is 3.11. The molecular formula is C13H15N3O4S.